The molecule has 110 valence electrons. The lowest BCUT2D eigenvalue weighted by molar-refractivity contribution is 0.170. The first-order valence-electron chi connectivity index (χ1n) is 7.11. The highest BCUT2D eigenvalue weighted by atomic mass is 16.2. The normalized spacial score (nSPS) is 16.4. The minimum atomic E-state index is -0.0288. The fraction of sp³-hybridized carbons (Fsp3) is 0.533. The average Bonchev–Trinajstić information content (AvgIpc) is 2.38. The van der Waals surface area contributed by atoms with Crippen molar-refractivity contribution in [2.24, 2.45) is 5.92 Å². The standard InChI is InChI=1S/C15H24N4O/c1-18(2)11-12-6-8-19(9-7-12)15(20)17-14-5-3-4-13(16)10-14/h3-5,10,12H,6-9,11,16H2,1-2H3,(H,17,20). The number of carbonyl (C=O) groups is 1. The maximum Gasteiger partial charge on any atom is 0.321 e. The highest BCUT2D eigenvalue weighted by Gasteiger charge is 2.23. The van der Waals surface area contributed by atoms with Crippen LogP contribution in [0.3, 0.4) is 0 Å². The number of nitrogens with one attached hydrogen (secondary N) is 1. The van der Waals surface area contributed by atoms with E-state index in [-0.39, 0.29) is 6.03 Å². The van der Waals surface area contributed by atoms with Gasteiger partial charge in [0.2, 0.25) is 0 Å². The molecule has 2 rings (SSSR count). The Balaban J connectivity index is 1.83. The van der Waals surface area contributed by atoms with Crippen LogP contribution >= 0.6 is 0 Å². The van der Waals surface area contributed by atoms with Gasteiger partial charge in [-0.05, 0) is 51.1 Å². The smallest absolute Gasteiger partial charge is 0.321 e. The lowest BCUT2D eigenvalue weighted by Crippen LogP contribution is -2.42. The summed E-state index contributed by atoms with van der Waals surface area (Å²) in [6.45, 7) is 2.75. The zero-order valence-electron chi connectivity index (χ0n) is 12.3. The predicted octanol–water partition coefficient (Wildman–Crippen LogP) is 2.07. The van der Waals surface area contributed by atoms with E-state index in [1.54, 1.807) is 6.07 Å². The summed E-state index contributed by atoms with van der Waals surface area (Å²) in [4.78, 5) is 16.3. The van der Waals surface area contributed by atoms with Gasteiger partial charge in [0.25, 0.3) is 0 Å². The molecule has 1 aliphatic heterocycles. The molecule has 0 atom stereocenters. The topological polar surface area (TPSA) is 61.6 Å². The van der Waals surface area contributed by atoms with Crippen LogP contribution < -0.4 is 11.1 Å². The summed E-state index contributed by atoms with van der Waals surface area (Å²) in [5.74, 6) is 0.696. The SMILES string of the molecule is CN(C)CC1CCN(C(=O)Nc2cccc(N)c2)CC1. The fourth-order valence-electron chi connectivity index (χ4n) is 2.65. The minimum absolute atomic E-state index is 0.0288. The molecule has 0 bridgehead atoms. The molecule has 0 unspecified atom stereocenters. The Hall–Kier alpha value is -1.75. The Morgan fingerprint density at radius 2 is 2.10 bits per heavy atom. The number of nitrogens with two attached hydrogens (primary N) is 1. The number of rotatable bonds is 3. The fourth-order valence-corrected chi connectivity index (χ4v) is 2.65. The van der Waals surface area contributed by atoms with E-state index in [1.807, 2.05) is 23.1 Å². The van der Waals surface area contributed by atoms with Crippen molar-refractivity contribution >= 4 is 17.4 Å². The van der Waals surface area contributed by atoms with E-state index < -0.39 is 0 Å². The van der Waals surface area contributed by atoms with Crippen LogP contribution in [0.1, 0.15) is 12.8 Å². The van der Waals surface area contributed by atoms with Crippen LogP contribution in [0.4, 0.5) is 16.2 Å². The molecule has 1 heterocycles. The number of carbonyl (C=O) groups excluding carboxylic acids is 1. The zero-order chi connectivity index (χ0) is 14.5. The molecule has 1 aromatic carbocycles. The molecule has 0 spiro atoms. The molecule has 5 heteroatoms. The van der Waals surface area contributed by atoms with Gasteiger partial charge in [-0.15, -0.1) is 0 Å². The highest BCUT2D eigenvalue weighted by molar-refractivity contribution is 5.89. The molecule has 5 nitrogen and oxygen atoms in total. The molecule has 0 radical (unpaired) electrons. The van der Waals surface area contributed by atoms with Crippen LogP contribution in [-0.2, 0) is 0 Å². The predicted molar refractivity (Wildman–Crippen MR) is 82.7 cm³/mol. The second-order valence-corrected chi connectivity index (χ2v) is 5.75. The van der Waals surface area contributed by atoms with Crippen LogP contribution in [-0.4, -0.2) is 49.6 Å². The van der Waals surface area contributed by atoms with Crippen molar-refractivity contribution in [1.82, 2.24) is 9.80 Å². The lowest BCUT2D eigenvalue weighted by atomic mass is 9.97. The van der Waals surface area contributed by atoms with Crippen molar-refractivity contribution in [3.05, 3.63) is 24.3 Å². The van der Waals surface area contributed by atoms with Gasteiger partial charge >= 0.3 is 6.03 Å². The number of urea groups is 1. The first kappa shape index (κ1) is 14.7. The highest BCUT2D eigenvalue weighted by Crippen LogP contribution is 2.19. The quantitative estimate of drug-likeness (QED) is 0.831. The van der Waals surface area contributed by atoms with E-state index in [0.717, 1.165) is 38.2 Å². The van der Waals surface area contributed by atoms with Crippen molar-refractivity contribution in [2.45, 2.75) is 12.8 Å². The van der Waals surface area contributed by atoms with E-state index in [4.69, 9.17) is 5.73 Å². The monoisotopic (exact) mass is 276 g/mol. The Bertz CT molecular complexity index is 453. The third kappa shape index (κ3) is 4.13. The number of nitrogen functional groups attached to an aromatic ring is 1. The molecule has 20 heavy (non-hydrogen) atoms. The van der Waals surface area contributed by atoms with Crippen molar-refractivity contribution in [3.63, 3.8) is 0 Å². The van der Waals surface area contributed by atoms with E-state index in [0.29, 0.717) is 11.6 Å². The molecular weight excluding hydrogens is 252 g/mol. The first-order valence-corrected chi connectivity index (χ1v) is 7.11. The van der Waals surface area contributed by atoms with Crippen molar-refractivity contribution in [1.29, 1.82) is 0 Å². The molecule has 0 aliphatic carbocycles. The molecule has 1 aromatic rings. The first-order chi connectivity index (χ1) is 9.54. The van der Waals surface area contributed by atoms with Crippen molar-refractivity contribution in [3.8, 4) is 0 Å². The van der Waals surface area contributed by atoms with Crippen LogP contribution in [0, 0.1) is 5.92 Å². The van der Waals surface area contributed by atoms with Gasteiger partial charge in [-0.25, -0.2) is 4.79 Å². The average molecular weight is 276 g/mol. The number of piperidine rings is 1. The van der Waals surface area contributed by atoms with Gasteiger partial charge in [-0.2, -0.15) is 0 Å². The zero-order valence-corrected chi connectivity index (χ0v) is 12.3. The van der Waals surface area contributed by atoms with Gasteiger partial charge in [0.1, 0.15) is 0 Å². The number of hydrogen-bond donors (Lipinski definition) is 2. The van der Waals surface area contributed by atoms with Crippen molar-refractivity contribution < 1.29 is 4.79 Å². The summed E-state index contributed by atoms with van der Waals surface area (Å²) in [5.41, 5.74) is 7.12. The summed E-state index contributed by atoms with van der Waals surface area (Å²) in [5, 5.41) is 2.90. The van der Waals surface area contributed by atoms with Crippen LogP contribution in [0.2, 0.25) is 0 Å². The number of hydrogen-bond acceptors (Lipinski definition) is 3. The summed E-state index contributed by atoms with van der Waals surface area (Å²) in [6, 6.07) is 7.25. The van der Waals surface area contributed by atoms with Crippen LogP contribution in [0.5, 0.6) is 0 Å². The maximum absolute atomic E-state index is 12.2. The van der Waals surface area contributed by atoms with Gasteiger partial charge in [-0.3, -0.25) is 0 Å². The van der Waals surface area contributed by atoms with Gasteiger partial charge in [0, 0.05) is 31.0 Å². The molecule has 1 saturated heterocycles. The second-order valence-electron chi connectivity index (χ2n) is 5.75. The van der Waals surface area contributed by atoms with E-state index in [2.05, 4.69) is 24.3 Å². The van der Waals surface area contributed by atoms with Crippen molar-refractivity contribution in [2.75, 3.05) is 44.8 Å². The molecule has 0 saturated carbocycles. The van der Waals surface area contributed by atoms with E-state index in [9.17, 15) is 4.79 Å². The van der Waals surface area contributed by atoms with E-state index >= 15 is 0 Å². The number of likely N-dealkylation sites (tertiary alicyclic amines) is 1. The third-order valence-electron chi connectivity index (χ3n) is 3.66. The number of nitrogens with zero attached hydrogens (tertiary/aromatic N) is 2. The van der Waals surface area contributed by atoms with Gasteiger partial charge < -0.3 is 20.9 Å². The molecule has 0 aromatic heterocycles. The second kappa shape index (κ2) is 6.61. The lowest BCUT2D eigenvalue weighted by Gasteiger charge is -2.33. The molecule has 1 fully saturated rings. The minimum Gasteiger partial charge on any atom is -0.399 e. The van der Waals surface area contributed by atoms with Gasteiger partial charge in [-0.1, -0.05) is 6.07 Å². The molecule has 1 aliphatic rings. The van der Waals surface area contributed by atoms with Crippen LogP contribution in [0.15, 0.2) is 24.3 Å². The maximum atomic E-state index is 12.2. The molecular formula is C15H24N4O. The largest absolute Gasteiger partial charge is 0.399 e. The van der Waals surface area contributed by atoms with Gasteiger partial charge in [0.15, 0.2) is 0 Å². The number of amides is 2. The number of anilines is 2. The summed E-state index contributed by atoms with van der Waals surface area (Å²) < 4.78 is 0. The third-order valence-corrected chi connectivity index (χ3v) is 3.66. The summed E-state index contributed by atoms with van der Waals surface area (Å²) in [6.07, 6.45) is 2.14. The number of benzene rings is 1. The van der Waals surface area contributed by atoms with Crippen LogP contribution in [0.25, 0.3) is 0 Å². The Kier molecular flexibility index (Phi) is 4.84. The molecule has 2 amide bonds. The van der Waals surface area contributed by atoms with Gasteiger partial charge in [0.05, 0.1) is 0 Å². The Morgan fingerprint density at radius 3 is 2.70 bits per heavy atom. The Morgan fingerprint density at radius 1 is 1.40 bits per heavy atom. The Labute approximate surface area is 120 Å². The summed E-state index contributed by atoms with van der Waals surface area (Å²) in [7, 11) is 4.19. The van der Waals surface area contributed by atoms with E-state index in [1.165, 1.54) is 0 Å². The molecule has 3 N–H and O–H groups in total. The summed E-state index contributed by atoms with van der Waals surface area (Å²) >= 11 is 0.